The zero-order chi connectivity index (χ0) is 24.4. The molecule has 2 fully saturated rings. The van der Waals surface area contributed by atoms with Crippen molar-refractivity contribution in [3.8, 4) is 16.3 Å². The lowest BCUT2D eigenvalue weighted by Crippen LogP contribution is -2.29. The largest absolute Gasteiger partial charge is 0.489 e. The van der Waals surface area contributed by atoms with E-state index in [9.17, 15) is 14.3 Å². The van der Waals surface area contributed by atoms with Gasteiger partial charge in [0.25, 0.3) is 5.95 Å². The highest BCUT2D eigenvalue weighted by Gasteiger charge is 2.28. The number of ether oxygens (including phenoxy) is 1. The molecule has 35 heavy (non-hydrogen) atoms. The number of nitrogens with one attached hydrogen (secondary N) is 1. The van der Waals surface area contributed by atoms with Crippen molar-refractivity contribution in [2.75, 3.05) is 5.32 Å². The minimum atomic E-state index is -0.764. The van der Waals surface area contributed by atoms with Gasteiger partial charge in [-0.2, -0.15) is 9.37 Å². The molecule has 0 aromatic carbocycles. The van der Waals surface area contributed by atoms with Gasteiger partial charge in [0.15, 0.2) is 5.13 Å². The van der Waals surface area contributed by atoms with Gasteiger partial charge in [-0.3, -0.25) is 4.79 Å². The lowest BCUT2D eigenvalue weighted by atomic mass is 9.83. The number of nitrogens with zero attached hydrogens (tertiary/aromatic N) is 3. The molecule has 0 radical (unpaired) electrons. The summed E-state index contributed by atoms with van der Waals surface area (Å²) in [6, 6.07) is 5.15. The third-order valence-corrected chi connectivity index (χ3v) is 7.90. The van der Waals surface area contributed by atoms with Crippen LogP contribution in [0.1, 0.15) is 62.1 Å². The second kappa shape index (κ2) is 10.3. The molecule has 2 saturated carbocycles. The van der Waals surface area contributed by atoms with Crippen molar-refractivity contribution in [1.29, 1.82) is 0 Å². The molecule has 0 saturated heterocycles. The maximum Gasteiger partial charge on any atom is 0.306 e. The van der Waals surface area contributed by atoms with E-state index in [1.54, 1.807) is 0 Å². The van der Waals surface area contributed by atoms with Crippen LogP contribution in [0.4, 0.5) is 10.3 Å². The maximum atomic E-state index is 14.2. The first-order valence-corrected chi connectivity index (χ1v) is 13.0. The summed E-state index contributed by atoms with van der Waals surface area (Å²) in [5.74, 6) is 1.18. The standard InChI is InChI=1S/C25H29FN4O4S/c1-14-20(33-18-7-3-6-16(11-18)24(31)32)9-8-19(28-14)23-17(12-21(26)35-23)13-27-25-29-22(34-30-25)10-15-4-2-5-15/h8-9,12,15-16,18H,2-7,10-11,13H2,1H3,(H,27,30)(H,31,32)/t16-,18-/m0/s1. The first-order valence-electron chi connectivity index (χ1n) is 12.2. The smallest absolute Gasteiger partial charge is 0.306 e. The molecule has 2 aliphatic carbocycles. The summed E-state index contributed by atoms with van der Waals surface area (Å²) >= 11 is 1.04. The van der Waals surface area contributed by atoms with E-state index in [-0.39, 0.29) is 17.2 Å². The van der Waals surface area contributed by atoms with Crippen molar-refractivity contribution in [3.05, 3.63) is 40.5 Å². The topological polar surface area (TPSA) is 110 Å². The molecule has 10 heteroatoms. The molecule has 0 bridgehead atoms. The monoisotopic (exact) mass is 500 g/mol. The van der Waals surface area contributed by atoms with Crippen LogP contribution in [0.5, 0.6) is 5.75 Å². The van der Waals surface area contributed by atoms with Crippen LogP contribution in [0.3, 0.4) is 0 Å². The Bertz CT molecular complexity index is 1190. The minimum Gasteiger partial charge on any atom is -0.489 e. The molecule has 3 heterocycles. The van der Waals surface area contributed by atoms with Gasteiger partial charge in [0.2, 0.25) is 5.89 Å². The number of rotatable bonds is 9. The zero-order valence-corrected chi connectivity index (χ0v) is 20.4. The fourth-order valence-corrected chi connectivity index (χ4v) is 5.60. The van der Waals surface area contributed by atoms with Crippen LogP contribution >= 0.6 is 11.3 Å². The lowest BCUT2D eigenvalue weighted by molar-refractivity contribution is -0.143. The van der Waals surface area contributed by atoms with Gasteiger partial charge in [0, 0.05) is 13.0 Å². The van der Waals surface area contributed by atoms with E-state index in [1.165, 1.54) is 25.3 Å². The number of pyridine rings is 1. The second-order valence-corrected chi connectivity index (χ2v) is 10.5. The number of aryl methyl sites for hydroxylation is 1. The van der Waals surface area contributed by atoms with E-state index >= 15 is 0 Å². The van der Waals surface area contributed by atoms with Crippen molar-refractivity contribution in [2.45, 2.75) is 70.9 Å². The third kappa shape index (κ3) is 5.63. The number of carboxylic acid groups (broad SMARTS) is 1. The predicted octanol–water partition coefficient (Wildman–Crippen LogP) is 5.62. The van der Waals surface area contributed by atoms with Crippen LogP contribution < -0.4 is 10.1 Å². The quantitative estimate of drug-likeness (QED) is 0.390. The molecule has 5 rings (SSSR count). The molecule has 0 unspecified atom stereocenters. The normalized spacial score (nSPS) is 20.4. The van der Waals surface area contributed by atoms with Gasteiger partial charge in [-0.05, 0) is 80.3 Å². The molecule has 0 amide bonds. The van der Waals surface area contributed by atoms with Gasteiger partial charge in [0.1, 0.15) is 5.75 Å². The van der Waals surface area contributed by atoms with Crippen LogP contribution in [0.15, 0.2) is 22.7 Å². The van der Waals surface area contributed by atoms with Gasteiger partial charge < -0.3 is 19.7 Å². The van der Waals surface area contributed by atoms with Crippen LogP contribution in [-0.4, -0.2) is 32.3 Å². The van der Waals surface area contributed by atoms with E-state index in [2.05, 4.69) is 20.4 Å². The van der Waals surface area contributed by atoms with E-state index < -0.39 is 5.97 Å². The van der Waals surface area contributed by atoms with Gasteiger partial charge >= 0.3 is 5.97 Å². The number of thiophene rings is 1. The highest BCUT2D eigenvalue weighted by atomic mass is 32.1. The lowest BCUT2D eigenvalue weighted by Gasteiger charge is -2.27. The number of carboxylic acids is 1. The van der Waals surface area contributed by atoms with Crippen LogP contribution in [0.25, 0.3) is 10.6 Å². The summed E-state index contributed by atoms with van der Waals surface area (Å²) < 4.78 is 25.7. The first kappa shape index (κ1) is 23.7. The number of hydrogen-bond acceptors (Lipinski definition) is 8. The van der Waals surface area contributed by atoms with E-state index in [0.29, 0.717) is 54.3 Å². The van der Waals surface area contributed by atoms with Gasteiger partial charge in [-0.15, -0.1) is 11.3 Å². The number of carbonyl (C=O) groups is 1. The van der Waals surface area contributed by atoms with Gasteiger partial charge in [-0.1, -0.05) is 6.42 Å². The second-order valence-electron chi connectivity index (χ2n) is 9.49. The molecule has 0 aliphatic heterocycles. The summed E-state index contributed by atoms with van der Waals surface area (Å²) in [7, 11) is 0. The fraction of sp³-hybridized carbons (Fsp3) is 0.520. The van der Waals surface area contributed by atoms with Gasteiger partial charge in [-0.25, -0.2) is 4.98 Å². The zero-order valence-electron chi connectivity index (χ0n) is 19.6. The van der Waals surface area contributed by atoms with Crippen molar-refractivity contribution in [3.63, 3.8) is 0 Å². The minimum absolute atomic E-state index is 0.140. The average molecular weight is 501 g/mol. The molecular weight excluding hydrogens is 471 g/mol. The summed E-state index contributed by atoms with van der Waals surface area (Å²) in [4.78, 5) is 21.1. The molecule has 2 N–H and O–H groups in total. The molecule has 186 valence electrons. The molecule has 8 nitrogen and oxygen atoms in total. The van der Waals surface area contributed by atoms with Crippen molar-refractivity contribution < 1.29 is 23.6 Å². The Morgan fingerprint density at radius 1 is 1.26 bits per heavy atom. The molecular formula is C25H29FN4O4S. The predicted molar refractivity (Wildman–Crippen MR) is 129 cm³/mol. The summed E-state index contributed by atoms with van der Waals surface area (Å²) in [5.41, 5.74) is 2.10. The molecule has 3 aromatic rings. The highest BCUT2D eigenvalue weighted by molar-refractivity contribution is 7.14. The Kier molecular flexibility index (Phi) is 6.99. The van der Waals surface area contributed by atoms with E-state index in [4.69, 9.17) is 9.26 Å². The molecule has 3 aromatic heterocycles. The number of anilines is 1. The maximum absolute atomic E-state index is 14.2. The van der Waals surface area contributed by atoms with E-state index in [1.807, 2.05) is 19.1 Å². The van der Waals surface area contributed by atoms with Crippen LogP contribution in [-0.2, 0) is 17.8 Å². The Morgan fingerprint density at radius 3 is 2.83 bits per heavy atom. The Morgan fingerprint density at radius 2 is 2.09 bits per heavy atom. The number of hydrogen-bond donors (Lipinski definition) is 2. The fourth-order valence-electron chi connectivity index (χ4n) is 4.73. The third-order valence-electron chi connectivity index (χ3n) is 6.91. The Balaban J connectivity index is 1.24. The molecule has 2 atom stereocenters. The van der Waals surface area contributed by atoms with Crippen molar-refractivity contribution in [1.82, 2.24) is 15.1 Å². The molecule has 2 aliphatic rings. The van der Waals surface area contributed by atoms with Crippen LogP contribution in [0, 0.1) is 23.9 Å². The SMILES string of the molecule is Cc1nc(-c2sc(F)cc2CNc2noc(CC3CCC3)n2)ccc1O[C@H]1CCC[C@H](C(=O)O)C1. The first-order chi connectivity index (χ1) is 16.9. The van der Waals surface area contributed by atoms with Gasteiger partial charge in [0.05, 0.1) is 28.3 Å². The Hall–Kier alpha value is -3.01. The number of aliphatic carboxylic acids is 1. The van der Waals surface area contributed by atoms with E-state index in [0.717, 1.165) is 41.0 Å². The average Bonchev–Trinajstić information content (AvgIpc) is 3.42. The highest BCUT2D eigenvalue weighted by Crippen LogP contribution is 2.35. The number of aromatic nitrogens is 3. The Labute approximate surface area is 206 Å². The number of halogens is 1. The molecule has 0 spiro atoms. The van der Waals surface area contributed by atoms with Crippen molar-refractivity contribution in [2.24, 2.45) is 11.8 Å². The summed E-state index contributed by atoms with van der Waals surface area (Å²) in [6.07, 6.45) is 7.21. The van der Waals surface area contributed by atoms with Crippen LogP contribution in [0.2, 0.25) is 0 Å². The summed E-state index contributed by atoms with van der Waals surface area (Å²) in [6.45, 7) is 2.19. The van der Waals surface area contributed by atoms with Crippen molar-refractivity contribution >= 4 is 23.3 Å². The summed E-state index contributed by atoms with van der Waals surface area (Å²) in [5, 5.41) is 16.1.